The molecule has 1 aromatic heterocycles. The zero-order valence-electron chi connectivity index (χ0n) is 8.22. The molecular formula is C10H11N3OS. The maximum absolute atomic E-state index is 8.81. The molecule has 1 aliphatic heterocycles. The van der Waals surface area contributed by atoms with Crippen molar-refractivity contribution in [2.24, 2.45) is 0 Å². The van der Waals surface area contributed by atoms with E-state index in [1.165, 1.54) is 6.20 Å². The fourth-order valence-corrected chi connectivity index (χ4v) is 2.43. The molecule has 1 unspecified atom stereocenters. The number of nitrogens with zero attached hydrogens (tertiary/aromatic N) is 3. The zero-order chi connectivity index (χ0) is 10.5. The van der Waals surface area contributed by atoms with Crippen LogP contribution in [0.5, 0.6) is 0 Å². The Balaban J connectivity index is 1.95. The van der Waals surface area contributed by atoms with Crippen molar-refractivity contribution in [3.63, 3.8) is 0 Å². The van der Waals surface area contributed by atoms with Crippen LogP contribution in [0, 0.1) is 11.3 Å². The lowest BCUT2D eigenvalue weighted by Gasteiger charge is -2.07. The smallest absolute Gasteiger partial charge is 0.172 e. The third-order valence-electron chi connectivity index (χ3n) is 2.20. The van der Waals surface area contributed by atoms with Crippen molar-refractivity contribution in [1.82, 2.24) is 9.97 Å². The van der Waals surface area contributed by atoms with Crippen molar-refractivity contribution in [3.8, 4) is 6.07 Å². The molecule has 1 fully saturated rings. The molecular weight excluding hydrogens is 210 g/mol. The molecule has 0 N–H and O–H groups in total. The Morgan fingerprint density at radius 3 is 3.13 bits per heavy atom. The highest BCUT2D eigenvalue weighted by atomic mass is 32.2. The maximum Gasteiger partial charge on any atom is 0.172 e. The zero-order valence-corrected chi connectivity index (χ0v) is 9.04. The number of ether oxygens (including phenoxy) is 1. The Morgan fingerprint density at radius 1 is 1.53 bits per heavy atom. The summed E-state index contributed by atoms with van der Waals surface area (Å²) in [4.78, 5) is 8.09. The lowest BCUT2D eigenvalue weighted by molar-refractivity contribution is 0.129. The van der Waals surface area contributed by atoms with Gasteiger partial charge >= 0.3 is 0 Å². The topological polar surface area (TPSA) is 58.8 Å². The van der Waals surface area contributed by atoms with E-state index in [4.69, 9.17) is 10.00 Å². The molecule has 4 nitrogen and oxygen atoms in total. The minimum atomic E-state index is 0.309. The van der Waals surface area contributed by atoms with E-state index in [1.807, 2.05) is 6.07 Å². The number of nitriles is 1. The van der Waals surface area contributed by atoms with Crippen LogP contribution in [0.1, 0.15) is 18.5 Å². The number of thioether (sulfide) groups is 1. The molecule has 0 radical (unpaired) electrons. The first-order valence-corrected chi connectivity index (χ1v) is 5.84. The second kappa shape index (κ2) is 5.10. The monoisotopic (exact) mass is 221 g/mol. The van der Waals surface area contributed by atoms with Crippen LogP contribution in [0.3, 0.4) is 0 Å². The van der Waals surface area contributed by atoms with Crippen molar-refractivity contribution in [2.45, 2.75) is 24.0 Å². The lowest BCUT2D eigenvalue weighted by atomic mass is 10.3. The van der Waals surface area contributed by atoms with Crippen LogP contribution >= 0.6 is 11.8 Å². The Kier molecular flexibility index (Phi) is 3.54. The molecule has 1 atom stereocenters. The molecule has 78 valence electrons. The molecule has 1 aliphatic rings. The van der Waals surface area contributed by atoms with Gasteiger partial charge in [-0.1, -0.05) is 0 Å². The van der Waals surface area contributed by atoms with E-state index < -0.39 is 0 Å². The summed E-state index contributed by atoms with van der Waals surface area (Å²) < 4.78 is 5.50. The molecule has 2 heterocycles. The molecule has 0 spiro atoms. The number of rotatable bonds is 3. The van der Waals surface area contributed by atoms with Gasteiger partial charge in [-0.2, -0.15) is 5.26 Å². The molecule has 1 aromatic rings. The molecule has 0 saturated carbocycles. The van der Waals surface area contributed by atoms with Gasteiger partial charge in [-0.25, -0.2) is 9.97 Å². The van der Waals surface area contributed by atoms with Crippen LogP contribution in [0.2, 0.25) is 0 Å². The van der Waals surface area contributed by atoms with E-state index in [0.29, 0.717) is 16.8 Å². The van der Waals surface area contributed by atoms with Gasteiger partial charge in [-0.15, -0.1) is 11.8 Å². The van der Waals surface area contributed by atoms with Gasteiger partial charge in [0, 0.05) is 24.8 Å². The van der Waals surface area contributed by atoms with E-state index in [1.54, 1.807) is 18.0 Å². The van der Waals surface area contributed by atoms with E-state index in [0.717, 1.165) is 25.2 Å². The summed E-state index contributed by atoms with van der Waals surface area (Å²) in [5.41, 5.74) is 0.403. The highest BCUT2D eigenvalue weighted by Gasteiger charge is 2.16. The highest BCUT2D eigenvalue weighted by Crippen LogP contribution is 2.23. The summed E-state index contributed by atoms with van der Waals surface area (Å²) in [5, 5.41) is 9.52. The molecule has 5 heteroatoms. The van der Waals surface area contributed by atoms with E-state index in [9.17, 15) is 0 Å². The summed E-state index contributed by atoms with van der Waals surface area (Å²) in [5.74, 6) is 0.855. The third-order valence-corrected chi connectivity index (χ3v) is 3.31. The summed E-state index contributed by atoms with van der Waals surface area (Å²) in [6, 6.07) is 2.04. The maximum atomic E-state index is 8.81. The van der Waals surface area contributed by atoms with Gasteiger partial charge in [0.05, 0.1) is 6.10 Å². The van der Waals surface area contributed by atoms with Gasteiger partial charge in [-0.3, -0.25) is 0 Å². The van der Waals surface area contributed by atoms with Gasteiger partial charge in [0.15, 0.2) is 5.69 Å². The molecule has 0 aliphatic carbocycles. The Labute approximate surface area is 92.7 Å². The van der Waals surface area contributed by atoms with Crippen molar-refractivity contribution >= 4 is 11.8 Å². The van der Waals surface area contributed by atoms with Crippen LogP contribution in [0.25, 0.3) is 0 Å². The predicted octanol–water partition coefficient (Wildman–Crippen LogP) is 1.62. The first kappa shape index (κ1) is 10.4. The average molecular weight is 221 g/mol. The number of hydrogen-bond acceptors (Lipinski definition) is 5. The minimum absolute atomic E-state index is 0.309. The van der Waals surface area contributed by atoms with Crippen molar-refractivity contribution < 1.29 is 4.74 Å². The van der Waals surface area contributed by atoms with Crippen LogP contribution in [-0.2, 0) is 4.74 Å². The largest absolute Gasteiger partial charge is 0.377 e. The third kappa shape index (κ3) is 2.67. The molecule has 15 heavy (non-hydrogen) atoms. The van der Waals surface area contributed by atoms with Crippen LogP contribution in [-0.4, -0.2) is 28.4 Å². The summed E-state index contributed by atoms with van der Waals surface area (Å²) >= 11 is 1.55. The van der Waals surface area contributed by atoms with E-state index in [-0.39, 0.29) is 0 Å². The first-order chi connectivity index (χ1) is 7.40. The van der Waals surface area contributed by atoms with Crippen LogP contribution in [0.4, 0.5) is 0 Å². The fourth-order valence-electron chi connectivity index (χ4n) is 1.46. The normalized spacial score (nSPS) is 20.1. The summed E-state index contributed by atoms with van der Waals surface area (Å²) in [6.45, 7) is 0.858. The first-order valence-electron chi connectivity index (χ1n) is 4.85. The van der Waals surface area contributed by atoms with Gasteiger partial charge in [0.2, 0.25) is 0 Å². The van der Waals surface area contributed by atoms with Gasteiger partial charge in [0.1, 0.15) is 11.1 Å². The van der Waals surface area contributed by atoms with Crippen molar-refractivity contribution in [3.05, 3.63) is 18.1 Å². The van der Waals surface area contributed by atoms with Crippen LogP contribution in [0.15, 0.2) is 17.4 Å². The second-order valence-corrected chi connectivity index (χ2v) is 4.28. The summed E-state index contributed by atoms with van der Waals surface area (Å²) in [6.07, 6.45) is 5.70. The Hall–Kier alpha value is -1.12. The van der Waals surface area contributed by atoms with Crippen LogP contribution < -0.4 is 0 Å². The molecule has 0 aromatic carbocycles. The van der Waals surface area contributed by atoms with E-state index >= 15 is 0 Å². The number of hydrogen-bond donors (Lipinski definition) is 0. The molecule has 2 rings (SSSR count). The van der Waals surface area contributed by atoms with Gasteiger partial charge < -0.3 is 4.74 Å². The standard InChI is InChI=1S/C10H11N3OS/c11-6-9-10(13-4-3-12-9)15-7-8-2-1-5-14-8/h3-4,8H,1-2,5,7H2. The quantitative estimate of drug-likeness (QED) is 0.726. The van der Waals surface area contributed by atoms with Crippen molar-refractivity contribution in [2.75, 3.05) is 12.4 Å². The Bertz CT molecular complexity index is 371. The van der Waals surface area contributed by atoms with E-state index in [2.05, 4.69) is 9.97 Å². The molecule has 0 bridgehead atoms. The minimum Gasteiger partial charge on any atom is -0.377 e. The van der Waals surface area contributed by atoms with Crippen molar-refractivity contribution in [1.29, 1.82) is 5.26 Å². The highest BCUT2D eigenvalue weighted by molar-refractivity contribution is 7.99. The number of aromatic nitrogens is 2. The van der Waals surface area contributed by atoms with Gasteiger partial charge in [0.25, 0.3) is 0 Å². The fraction of sp³-hybridized carbons (Fsp3) is 0.500. The Morgan fingerprint density at radius 2 is 2.40 bits per heavy atom. The molecule has 0 amide bonds. The van der Waals surface area contributed by atoms with Gasteiger partial charge in [-0.05, 0) is 12.8 Å². The summed E-state index contributed by atoms with van der Waals surface area (Å²) in [7, 11) is 0. The SMILES string of the molecule is N#Cc1nccnc1SCC1CCCO1. The lowest BCUT2D eigenvalue weighted by Crippen LogP contribution is -2.08. The predicted molar refractivity (Wildman–Crippen MR) is 56.4 cm³/mol. The average Bonchev–Trinajstić information content (AvgIpc) is 2.79. The second-order valence-electron chi connectivity index (χ2n) is 3.27. The molecule has 1 saturated heterocycles.